The SMILES string of the molecule is Cc1ccc(C#N)cc1NC(C)c1cc2ccccc2o1. The molecule has 1 N–H and O–H groups in total. The molecule has 2 aromatic carbocycles. The average Bonchev–Trinajstić information content (AvgIpc) is 2.93. The Kier molecular flexibility index (Phi) is 3.37. The number of anilines is 1. The molecule has 1 atom stereocenters. The Hall–Kier alpha value is -2.73. The highest BCUT2D eigenvalue weighted by atomic mass is 16.3. The minimum absolute atomic E-state index is 0.0324. The van der Waals surface area contributed by atoms with Crippen LogP contribution in [0.25, 0.3) is 11.0 Å². The molecule has 0 aliphatic carbocycles. The van der Waals surface area contributed by atoms with Crippen molar-refractivity contribution in [2.45, 2.75) is 19.9 Å². The van der Waals surface area contributed by atoms with Crippen LogP contribution in [0.2, 0.25) is 0 Å². The first kappa shape index (κ1) is 13.3. The molecule has 104 valence electrons. The fourth-order valence-electron chi connectivity index (χ4n) is 2.37. The topological polar surface area (TPSA) is 49.0 Å². The number of fused-ring (bicyclic) bond motifs is 1. The molecule has 3 aromatic rings. The Morgan fingerprint density at radius 3 is 2.71 bits per heavy atom. The number of rotatable bonds is 3. The molecular formula is C18H16N2O. The molecule has 1 unspecified atom stereocenters. The van der Waals surface area contributed by atoms with Gasteiger partial charge in [-0.3, -0.25) is 0 Å². The van der Waals surface area contributed by atoms with Crippen LogP contribution in [0.15, 0.2) is 52.9 Å². The van der Waals surface area contributed by atoms with Crippen LogP contribution in [0, 0.1) is 18.3 Å². The second-order valence-corrected chi connectivity index (χ2v) is 5.19. The summed E-state index contributed by atoms with van der Waals surface area (Å²) in [7, 11) is 0. The van der Waals surface area contributed by atoms with Crippen molar-refractivity contribution in [3.63, 3.8) is 0 Å². The molecule has 0 radical (unpaired) electrons. The van der Waals surface area contributed by atoms with Gasteiger partial charge in [-0.05, 0) is 43.7 Å². The van der Waals surface area contributed by atoms with Crippen molar-refractivity contribution in [2.24, 2.45) is 0 Å². The Balaban J connectivity index is 1.89. The van der Waals surface area contributed by atoms with Gasteiger partial charge < -0.3 is 9.73 Å². The summed E-state index contributed by atoms with van der Waals surface area (Å²) in [6.45, 7) is 4.07. The summed E-state index contributed by atoms with van der Waals surface area (Å²) in [5.74, 6) is 0.887. The van der Waals surface area contributed by atoms with E-state index in [0.29, 0.717) is 5.56 Å². The van der Waals surface area contributed by atoms with Crippen molar-refractivity contribution in [2.75, 3.05) is 5.32 Å². The molecule has 1 heterocycles. The van der Waals surface area contributed by atoms with Crippen molar-refractivity contribution in [3.05, 3.63) is 65.4 Å². The molecule has 0 fully saturated rings. The zero-order valence-corrected chi connectivity index (χ0v) is 12.1. The fourth-order valence-corrected chi connectivity index (χ4v) is 2.37. The molecule has 0 amide bonds. The standard InChI is InChI=1S/C18H16N2O/c1-12-7-8-14(11-19)9-16(12)20-13(2)18-10-15-5-3-4-6-17(15)21-18/h3-10,13,20H,1-2H3. The van der Waals surface area contributed by atoms with E-state index in [-0.39, 0.29) is 6.04 Å². The molecule has 21 heavy (non-hydrogen) atoms. The van der Waals surface area contributed by atoms with Gasteiger partial charge in [0.15, 0.2) is 0 Å². The molecule has 0 bridgehead atoms. The molecule has 0 saturated carbocycles. The molecular weight excluding hydrogens is 260 g/mol. The van der Waals surface area contributed by atoms with Crippen molar-refractivity contribution in [1.29, 1.82) is 5.26 Å². The lowest BCUT2D eigenvalue weighted by molar-refractivity contribution is 0.526. The molecule has 1 aromatic heterocycles. The van der Waals surface area contributed by atoms with Crippen LogP contribution in [-0.4, -0.2) is 0 Å². The summed E-state index contributed by atoms with van der Waals surface area (Å²) >= 11 is 0. The van der Waals surface area contributed by atoms with Crippen LogP contribution in [0.4, 0.5) is 5.69 Å². The van der Waals surface area contributed by atoms with Crippen LogP contribution in [0.1, 0.15) is 29.9 Å². The number of benzene rings is 2. The lowest BCUT2D eigenvalue weighted by atomic mass is 10.1. The van der Waals surface area contributed by atoms with Crippen molar-refractivity contribution < 1.29 is 4.42 Å². The molecule has 3 nitrogen and oxygen atoms in total. The van der Waals surface area contributed by atoms with Gasteiger partial charge >= 0.3 is 0 Å². The maximum absolute atomic E-state index is 9.00. The maximum Gasteiger partial charge on any atom is 0.134 e. The fraction of sp³-hybridized carbons (Fsp3) is 0.167. The smallest absolute Gasteiger partial charge is 0.134 e. The first-order valence-corrected chi connectivity index (χ1v) is 6.93. The first-order chi connectivity index (χ1) is 10.2. The van der Waals surface area contributed by atoms with Gasteiger partial charge in [-0.1, -0.05) is 24.3 Å². The molecule has 0 saturated heterocycles. The highest BCUT2D eigenvalue weighted by Gasteiger charge is 2.12. The summed E-state index contributed by atoms with van der Waals surface area (Å²) in [6.07, 6.45) is 0. The molecule has 0 aliphatic heterocycles. The first-order valence-electron chi connectivity index (χ1n) is 6.93. The van der Waals surface area contributed by atoms with E-state index in [1.165, 1.54) is 0 Å². The molecule has 0 aliphatic rings. The van der Waals surface area contributed by atoms with E-state index in [4.69, 9.17) is 9.68 Å². The summed E-state index contributed by atoms with van der Waals surface area (Å²) in [5.41, 5.74) is 3.61. The normalized spacial score (nSPS) is 12.0. The van der Waals surface area contributed by atoms with Gasteiger partial charge in [0.1, 0.15) is 11.3 Å². The number of hydrogen-bond donors (Lipinski definition) is 1. The Morgan fingerprint density at radius 1 is 1.14 bits per heavy atom. The van der Waals surface area contributed by atoms with Crippen LogP contribution < -0.4 is 5.32 Å². The number of aryl methyl sites for hydroxylation is 1. The number of hydrogen-bond acceptors (Lipinski definition) is 3. The summed E-state index contributed by atoms with van der Waals surface area (Å²) in [5, 5.41) is 13.5. The number of nitrogens with zero attached hydrogens (tertiary/aromatic N) is 1. The van der Waals surface area contributed by atoms with E-state index < -0.39 is 0 Å². The Morgan fingerprint density at radius 2 is 1.95 bits per heavy atom. The van der Waals surface area contributed by atoms with Gasteiger partial charge in [0.05, 0.1) is 17.7 Å². The Bertz CT molecular complexity index is 794. The second kappa shape index (κ2) is 5.34. The second-order valence-electron chi connectivity index (χ2n) is 5.19. The van der Waals surface area contributed by atoms with Gasteiger partial charge in [-0.2, -0.15) is 5.26 Å². The van der Waals surface area contributed by atoms with Gasteiger partial charge in [0, 0.05) is 11.1 Å². The minimum atomic E-state index is 0.0324. The molecule has 3 rings (SSSR count). The maximum atomic E-state index is 9.00. The third kappa shape index (κ3) is 2.61. The van der Waals surface area contributed by atoms with Gasteiger partial charge in [-0.25, -0.2) is 0 Å². The van der Waals surface area contributed by atoms with Crippen molar-refractivity contribution >= 4 is 16.7 Å². The summed E-state index contributed by atoms with van der Waals surface area (Å²) in [4.78, 5) is 0. The van der Waals surface area contributed by atoms with Gasteiger partial charge in [0.2, 0.25) is 0 Å². The van der Waals surface area contributed by atoms with E-state index >= 15 is 0 Å². The molecule has 3 heteroatoms. The van der Waals surface area contributed by atoms with E-state index in [9.17, 15) is 0 Å². The lowest BCUT2D eigenvalue weighted by Gasteiger charge is -2.15. The van der Waals surface area contributed by atoms with Crippen LogP contribution in [0.3, 0.4) is 0 Å². The number of nitrogens with one attached hydrogen (secondary N) is 1. The van der Waals surface area contributed by atoms with Gasteiger partial charge in [-0.15, -0.1) is 0 Å². The zero-order chi connectivity index (χ0) is 14.8. The van der Waals surface area contributed by atoms with E-state index in [1.807, 2.05) is 49.4 Å². The third-order valence-corrected chi connectivity index (χ3v) is 3.61. The van der Waals surface area contributed by atoms with E-state index in [2.05, 4.69) is 24.4 Å². The highest BCUT2D eigenvalue weighted by molar-refractivity contribution is 5.78. The zero-order valence-electron chi connectivity index (χ0n) is 12.1. The summed E-state index contributed by atoms with van der Waals surface area (Å²) in [6, 6.07) is 17.9. The largest absolute Gasteiger partial charge is 0.459 e. The lowest BCUT2D eigenvalue weighted by Crippen LogP contribution is -2.06. The number of para-hydroxylation sites is 1. The third-order valence-electron chi connectivity index (χ3n) is 3.61. The van der Waals surface area contributed by atoms with Crippen molar-refractivity contribution in [1.82, 2.24) is 0 Å². The monoisotopic (exact) mass is 276 g/mol. The highest BCUT2D eigenvalue weighted by Crippen LogP contribution is 2.27. The van der Waals surface area contributed by atoms with E-state index in [1.54, 1.807) is 0 Å². The predicted molar refractivity (Wildman–Crippen MR) is 84.1 cm³/mol. The van der Waals surface area contributed by atoms with Gasteiger partial charge in [0.25, 0.3) is 0 Å². The number of nitriles is 1. The van der Waals surface area contributed by atoms with Crippen LogP contribution in [0.5, 0.6) is 0 Å². The quantitative estimate of drug-likeness (QED) is 0.748. The average molecular weight is 276 g/mol. The van der Waals surface area contributed by atoms with Crippen LogP contribution >= 0.6 is 0 Å². The van der Waals surface area contributed by atoms with E-state index in [0.717, 1.165) is 28.0 Å². The number of furan rings is 1. The van der Waals surface area contributed by atoms with Crippen molar-refractivity contribution in [3.8, 4) is 6.07 Å². The molecule has 0 spiro atoms. The summed E-state index contributed by atoms with van der Waals surface area (Å²) < 4.78 is 5.87. The van der Waals surface area contributed by atoms with Crippen LogP contribution in [-0.2, 0) is 0 Å². The Labute approximate surface area is 123 Å². The predicted octanol–water partition coefficient (Wildman–Crippen LogP) is 4.79. The minimum Gasteiger partial charge on any atom is -0.459 e.